The number of nitrogens with one attached hydrogen (secondary N) is 1. The number of aryl methyl sites for hydroxylation is 2. The minimum Gasteiger partial charge on any atom is -0.361 e. The molecule has 0 radical (unpaired) electrons. The number of rotatable bonds is 2. The lowest BCUT2D eigenvalue weighted by Gasteiger charge is -2.24. The maximum absolute atomic E-state index is 11.9. The highest BCUT2D eigenvalue weighted by atomic mass is 16.5. The zero-order valence-electron chi connectivity index (χ0n) is 10.1. The molecule has 0 saturated heterocycles. The molecule has 2 aromatic heterocycles. The van der Waals surface area contributed by atoms with Crippen molar-refractivity contribution in [3.8, 4) is 0 Å². The van der Waals surface area contributed by atoms with Gasteiger partial charge in [-0.15, -0.1) is 0 Å². The summed E-state index contributed by atoms with van der Waals surface area (Å²) in [4.78, 5) is 16.2. The quantitative estimate of drug-likeness (QED) is 0.855. The van der Waals surface area contributed by atoms with Crippen molar-refractivity contribution in [1.82, 2.24) is 20.0 Å². The van der Waals surface area contributed by atoms with Gasteiger partial charge in [-0.25, -0.2) is 4.98 Å². The molecule has 0 unspecified atom stereocenters. The second-order valence-corrected chi connectivity index (χ2v) is 4.53. The average molecular weight is 246 g/mol. The second kappa shape index (κ2) is 4.29. The van der Waals surface area contributed by atoms with Crippen LogP contribution in [0, 0.1) is 6.92 Å². The Morgan fingerprint density at radius 3 is 3.28 bits per heavy atom. The highest BCUT2D eigenvalue weighted by molar-refractivity contribution is 5.92. The van der Waals surface area contributed by atoms with Crippen LogP contribution in [0.5, 0.6) is 0 Å². The molecule has 0 spiro atoms. The van der Waals surface area contributed by atoms with Crippen LogP contribution in [0.15, 0.2) is 23.0 Å². The number of carbonyl (C=O) groups is 1. The van der Waals surface area contributed by atoms with Crippen molar-refractivity contribution in [3.63, 3.8) is 0 Å². The van der Waals surface area contributed by atoms with Gasteiger partial charge in [0.1, 0.15) is 11.6 Å². The van der Waals surface area contributed by atoms with Gasteiger partial charge in [0.05, 0.1) is 0 Å². The van der Waals surface area contributed by atoms with E-state index in [1.165, 1.54) is 0 Å². The van der Waals surface area contributed by atoms with E-state index in [9.17, 15) is 4.79 Å². The SMILES string of the molecule is Cc1cc(C(=O)N[C@H]2CCc3nccn3C2)no1. The Bertz CT molecular complexity index is 572. The van der Waals surface area contributed by atoms with Crippen molar-refractivity contribution in [3.05, 3.63) is 35.7 Å². The molecule has 1 N–H and O–H groups in total. The molecule has 2 aromatic rings. The Morgan fingerprint density at radius 1 is 1.61 bits per heavy atom. The molecular formula is C12H14N4O2. The van der Waals surface area contributed by atoms with Crippen LogP contribution in [0.25, 0.3) is 0 Å². The normalized spacial score (nSPS) is 18.4. The molecule has 0 fully saturated rings. The number of hydrogen-bond donors (Lipinski definition) is 1. The van der Waals surface area contributed by atoms with Crippen molar-refractivity contribution >= 4 is 5.91 Å². The molecule has 6 nitrogen and oxygen atoms in total. The number of fused-ring (bicyclic) bond motifs is 1. The first-order valence-electron chi connectivity index (χ1n) is 5.96. The second-order valence-electron chi connectivity index (χ2n) is 4.53. The molecule has 0 saturated carbocycles. The minimum atomic E-state index is -0.180. The molecule has 0 aliphatic carbocycles. The summed E-state index contributed by atoms with van der Waals surface area (Å²) in [5.74, 6) is 1.54. The van der Waals surface area contributed by atoms with Crippen LogP contribution in [0.3, 0.4) is 0 Å². The largest absolute Gasteiger partial charge is 0.361 e. The molecule has 1 aliphatic rings. The number of carbonyl (C=O) groups excluding carboxylic acids is 1. The summed E-state index contributed by atoms with van der Waals surface area (Å²) in [5.41, 5.74) is 0.337. The third-order valence-electron chi connectivity index (χ3n) is 3.13. The Morgan fingerprint density at radius 2 is 2.50 bits per heavy atom. The zero-order chi connectivity index (χ0) is 12.5. The van der Waals surface area contributed by atoms with Gasteiger partial charge >= 0.3 is 0 Å². The Balaban J connectivity index is 1.66. The smallest absolute Gasteiger partial charge is 0.273 e. The average Bonchev–Trinajstić information content (AvgIpc) is 2.96. The van der Waals surface area contributed by atoms with Gasteiger partial charge in [-0.05, 0) is 13.3 Å². The summed E-state index contributed by atoms with van der Waals surface area (Å²) >= 11 is 0. The number of amides is 1. The van der Waals surface area contributed by atoms with Crippen LogP contribution in [-0.2, 0) is 13.0 Å². The molecule has 18 heavy (non-hydrogen) atoms. The number of imidazole rings is 1. The summed E-state index contributed by atoms with van der Waals surface area (Å²) < 4.78 is 6.96. The first kappa shape index (κ1) is 11.0. The van der Waals surface area contributed by atoms with Crippen molar-refractivity contribution in [1.29, 1.82) is 0 Å². The third-order valence-corrected chi connectivity index (χ3v) is 3.13. The monoisotopic (exact) mass is 246 g/mol. The van der Waals surface area contributed by atoms with Crippen molar-refractivity contribution in [2.24, 2.45) is 0 Å². The van der Waals surface area contributed by atoms with E-state index in [-0.39, 0.29) is 11.9 Å². The lowest BCUT2D eigenvalue weighted by Crippen LogP contribution is -2.41. The summed E-state index contributed by atoms with van der Waals surface area (Å²) in [5, 5.41) is 6.68. The highest BCUT2D eigenvalue weighted by Gasteiger charge is 2.21. The fraction of sp³-hybridized carbons (Fsp3) is 0.417. The maximum Gasteiger partial charge on any atom is 0.273 e. The summed E-state index contributed by atoms with van der Waals surface area (Å²) in [6.07, 6.45) is 5.52. The summed E-state index contributed by atoms with van der Waals surface area (Å²) in [7, 11) is 0. The first-order chi connectivity index (χ1) is 8.72. The van der Waals surface area contributed by atoms with Crippen LogP contribution < -0.4 is 5.32 Å². The summed E-state index contributed by atoms with van der Waals surface area (Å²) in [6.45, 7) is 2.53. The van der Waals surface area contributed by atoms with Gasteiger partial charge in [-0.2, -0.15) is 0 Å². The molecule has 0 aromatic carbocycles. The molecule has 6 heteroatoms. The zero-order valence-corrected chi connectivity index (χ0v) is 10.1. The van der Waals surface area contributed by atoms with E-state index in [4.69, 9.17) is 4.52 Å². The van der Waals surface area contributed by atoms with E-state index < -0.39 is 0 Å². The minimum absolute atomic E-state index is 0.121. The van der Waals surface area contributed by atoms with E-state index in [0.29, 0.717) is 11.5 Å². The maximum atomic E-state index is 11.9. The third kappa shape index (κ3) is 2.01. The van der Waals surface area contributed by atoms with Gasteiger partial charge in [0.15, 0.2) is 5.69 Å². The fourth-order valence-electron chi connectivity index (χ4n) is 2.22. The van der Waals surface area contributed by atoms with E-state index in [1.807, 2.05) is 6.20 Å². The van der Waals surface area contributed by atoms with E-state index >= 15 is 0 Å². The molecule has 3 heterocycles. The van der Waals surface area contributed by atoms with E-state index in [1.54, 1.807) is 19.2 Å². The molecule has 1 aliphatic heterocycles. The van der Waals surface area contributed by atoms with Crippen LogP contribution in [0.4, 0.5) is 0 Å². The van der Waals surface area contributed by atoms with Gasteiger partial charge in [0.25, 0.3) is 5.91 Å². The van der Waals surface area contributed by atoms with E-state index in [2.05, 4.69) is 20.0 Å². The van der Waals surface area contributed by atoms with Gasteiger partial charge < -0.3 is 14.4 Å². The predicted molar refractivity (Wildman–Crippen MR) is 63.0 cm³/mol. The number of aromatic nitrogens is 3. The van der Waals surface area contributed by atoms with Crippen molar-refractivity contribution in [2.75, 3.05) is 0 Å². The van der Waals surface area contributed by atoms with Crippen LogP contribution in [0.2, 0.25) is 0 Å². The predicted octanol–water partition coefficient (Wildman–Crippen LogP) is 0.924. The molecule has 94 valence electrons. The van der Waals surface area contributed by atoms with Crippen molar-refractivity contribution in [2.45, 2.75) is 32.4 Å². The Kier molecular flexibility index (Phi) is 2.62. The lowest BCUT2D eigenvalue weighted by molar-refractivity contribution is 0.0918. The van der Waals surface area contributed by atoms with Gasteiger partial charge in [-0.3, -0.25) is 4.79 Å². The Hall–Kier alpha value is -2.11. The first-order valence-corrected chi connectivity index (χ1v) is 5.96. The molecule has 0 bridgehead atoms. The number of nitrogens with zero attached hydrogens (tertiary/aromatic N) is 3. The molecule has 1 amide bonds. The summed E-state index contributed by atoms with van der Waals surface area (Å²) in [6, 6.07) is 1.76. The van der Waals surface area contributed by atoms with Gasteiger partial charge in [0.2, 0.25) is 0 Å². The van der Waals surface area contributed by atoms with Crippen LogP contribution in [-0.4, -0.2) is 26.7 Å². The topological polar surface area (TPSA) is 73.0 Å². The lowest BCUT2D eigenvalue weighted by atomic mass is 10.1. The molecular weight excluding hydrogens is 232 g/mol. The van der Waals surface area contributed by atoms with Crippen molar-refractivity contribution < 1.29 is 9.32 Å². The number of hydrogen-bond acceptors (Lipinski definition) is 4. The van der Waals surface area contributed by atoms with E-state index in [0.717, 1.165) is 25.2 Å². The standard InChI is InChI=1S/C12H14N4O2/c1-8-6-10(15-18-8)12(17)14-9-2-3-11-13-4-5-16(11)7-9/h4-6,9H,2-3,7H2,1H3,(H,14,17)/t9-/m0/s1. The molecule has 1 atom stereocenters. The highest BCUT2D eigenvalue weighted by Crippen LogP contribution is 2.13. The van der Waals surface area contributed by atoms with Crippen LogP contribution >= 0.6 is 0 Å². The van der Waals surface area contributed by atoms with Gasteiger partial charge in [-0.1, -0.05) is 5.16 Å². The Labute approximate surface area is 104 Å². The molecule has 3 rings (SSSR count). The fourth-order valence-corrected chi connectivity index (χ4v) is 2.22. The van der Waals surface area contributed by atoms with Crippen LogP contribution in [0.1, 0.15) is 28.5 Å². The van der Waals surface area contributed by atoms with Gasteiger partial charge in [0, 0.05) is 37.5 Å².